The number of amides is 3. The van der Waals surface area contributed by atoms with Crippen molar-refractivity contribution in [3.05, 3.63) is 34.9 Å². The SMILES string of the molecule is O=C(c1ccc2c(c1)C(=O)N(C1CCCCC1)C2=O)N1CCCCCCC1. The topological polar surface area (TPSA) is 57.7 Å². The molecule has 2 aliphatic heterocycles. The Bertz CT molecular complexity index is 744. The van der Waals surface area contributed by atoms with Crippen LogP contribution in [0.25, 0.3) is 0 Å². The quantitative estimate of drug-likeness (QED) is 0.741. The van der Waals surface area contributed by atoms with Gasteiger partial charge >= 0.3 is 0 Å². The van der Waals surface area contributed by atoms with Crippen molar-refractivity contribution >= 4 is 17.7 Å². The number of likely N-dealkylation sites (tertiary alicyclic amines) is 1. The molecule has 0 spiro atoms. The van der Waals surface area contributed by atoms with Gasteiger partial charge in [-0.25, -0.2) is 0 Å². The fourth-order valence-corrected chi connectivity index (χ4v) is 4.70. The van der Waals surface area contributed by atoms with E-state index in [4.69, 9.17) is 0 Å². The minimum absolute atomic E-state index is 0.0136. The Hall–Kier alpha value is -2.17. The Labute approximate surface area is 160 Å². The smallest absolute Gasteiger partial charge is 0.261 e. The molecule has 3 amide bonds. The Morgan fingerprint density at radius 1 is 0.778 bits per heavy atom. The van der Waals surface area contributed by atoms with Crippen molar-refractivity contribution in [3.63, 3.8) is 0 Å². The molecule has 27 heavy (non-hydrogen) atoms. The van der Waals surface area contributed by atoms with Gasteiger partial charge in [-0.3, -0.25) is 19.3 Å². The first-order valence-corrected chi connectivity index (χ1v) is 10.5. The summed E-state index contributed by atoms with van der Waals surface area (Å²) in [6.07, 6.45) is 10.7. The van der Waals surface area contributed by atoms with E-state index in [1.165, 1.54) is 17.7 Å². The lowest BCUT2D eigenvalue weighted by atomic mass is 9.94. The van der Waals surface area contributed by atoms with Crippen LogP contribution in [0.1, 0.15) is 95.3 Å². The molecule has 1 saturated carbocycles. The van der Waals surface area contributed by atoms with Crippen LogP contribution < -0.4 is 0 Å². The lowest BCUT2D eigenvalue weighted by Crippen LogP contribution is -2.40. The van der Waals surface area contributed by atoms with Gasteiger partial charge in [0.05, 0.1) is 11.1 Å². The number of carbonyl (C=O) groups excluding carboxylic acids is 3. The standard InChI is InChI=1S/C22H28N2O3/c25-20(23-13-7-2-1-3-8-14-23)16-11-12-18-19(15-16)22(27)24(21(18)26)17-9-5-4-6-10-17/h11-12,15,17H,1-10,13-14H2. The van der Waals surface area contributed by atoms with E-state index in [9.17, 15) is 14.4 Å². The third kappa shape index (κ3) is 3.52. The molecule has 144 valence electrons. The van der Waals surface area contributed by atoms with Crippen LogP contribution >= 0.6 is 0 Å². The Kier molecular flexibility index (Phi) is 5.28. The van der Waals surface area contributed by atoms with Crippen LogP contribution in [0.3, 0.4) is 0 Å². The summed E-state index contributed by atoms with van der Waals surface area (Å²) >= 11 is 0. The maximum Gasteiger partial charge on any atom is 0.261 e. The number of rotatable bonds is 2. The highest BCUT2D eigenvalue weighted by atomic mass is 16.2. The van der Waals surface area contributed by atoms with Crippen molar-refractivity contribution in [1.82, 2.24) is 9.80 Å². The zero-order chi connectivity index (χ0) is 18.8. The van der Waals surface area contributed by atoms with E-state index >= 15 is 0 Å². The van der Waals surface area contributed by atoms with Gasteiger partial charge in [0, 0.05) is 24.7 Å². The molecule has 1 aliphatic carbocycles. The van der Waals surface area contributed by atoms with Crippen LogP contribution in [0, 0.1) is 0 Å². The highest BCUT2D eigenvalue weighted by molar-refractivity contribution is 6.22. The molecule has 1 saturated heterocycles. The third-order valence-corrected chi connectivity index (χ3v) is 6.25. The predicted molar refractivity (Wildman–Crippen MR) is 103 cm³/mol. The maximum atomic E-state index is 13.0. The maximum absolute atomic E-state index is 13.0. The monoisotopic (exact) mass is 368 g/mol. The van der Waals surface area contributed by atoms with Crippen molar-refractivity contribution in [2.24, 2.45) is 0 Å². The number of hydrogen-bond acceptors (Lipinski definition) is 3. The summed E-state index contributed by atoms with van der Waals surface area (Å²) in [4.78, 5) is 42.0. The molecular weight excluding hydrogens is 340 g/mol. The summed E-state index contributed by atoms with van der Waals surface area (Å²) in [5.74, 6) is -0.424. The van der Waals surface area contributed by atoms with Crippen LogP contribution in [0.4, 0.5) is 0 Å². The second kappa shape index (κ2) is 7.83. The first-order valence-electron chi connectivity index (χ1n) is 10.5. The van der Waals surface area contributed by atoms with E-state index < -0.39 is 0 Å². The molecular formula is C22H28N2O3. The molecule has 0 aromatic heterocycles. The molecule has 1 aromatic carbocycles. The summed E-state index contributed by atoms with van der Waals surface area (Å²) in [6, 6.07) is 5.06. The van der Waals surface area contributed by atoms with Gasteiger partial charge < -0.3 is 4.90 Å². The van der Waals surface area contributed by atoms with Crippen LogP contribution in [-0.4, -0.2) is 46.7 Å². The summed E-state index contributed by atoms with van der Waals surface area (Å²) in [5.41, 5.74) is 1.39. The molecule has 4 rings (SSSR count). The van der Waals surface area contributed by atoms with E-state index in [1.807, 2.05) is 4.90 Å². The summed E-state index contributed by atoms with van der Waals surface area (Å²) in [7, 11) is 0. The second-order valence-electron chi connectivity index (χ2n) is 8.09. The second-order valence-corrected chi connectivity index (χ2v) is 8.09. The van der Waals surface area contributed by atoms with E-state index in [0.717, 1.165) is 64.5 Å². The molecule has 2 heterocycles. The fraction of sp³-hybridized carbons (Fsp3) is 0.591. The van der Waals surface area contributed by atoms with E-state index in [2.05, 4.69) is 0 Å². The molecule has 3 aliphatic rings. The van der Waals surface area contributed by atoms with Crippen molar-refractivity contribution in [3.8, 4) is 0 Å². The van der Waals surface area contributed by atoms with Crippen molar-refractivity contribution in [1.29, 1.82) is 0 Å². The van der Waals surface area contributed by atoms with Gasteiger partial charge in [0.2, 0.25) is 0 Å². The lowest BCUT2D eigenvalue weighted by Gasteiger charge is -2.29. The van der Waals surface area contributed by atoms with Gasteiger partial charge in [-0.1, -0.05) is 38.5 Å². The normalized spacial score (nSPS) is 21.8. The number of nitrogens with zero attached hydrogens (tertiary/aromatic N) is 2. The molecule has 0 bridgehead atoms. The number of carbonyl (C=O) groups is 3. The molecule has 0 N–H and O–H groups in total. The van der Waals surface area contributed by atoms with Gasteiger partial charge in [0.1, 0.15) is 0 Å². The Balaban J connectivity index is 1.56. The average Bonchev–Trinajstić information content (AvgIpc) is 2.92. The molecule has 0 unspecified atom stereocenters. The first-order chi connectivity index (χ1) is 13.2. The minimum Gasteiger partial charge on any atom is -0.339 e. The third-order valence-electron chi connectivity index (χ3n) is 6.25. The van der Waals surface area contributed by atoms with Gasteiger partial charge in [-0.15, -0.1) is 0 Å². The van der Waals surface area contributed by atoms with Gasteiger partial charge in [0.25, 0.3) is 17.7 Å². The van der Waals surface area contributed by atoms with Crippen LogP contribution in [0.15, 0.2) is 18.2 Å². The largest absolute Gasteiger partial charge is 0.339 e. The van der Waals surface area contributed by atoms with Crippen LogP contribution in [-0.2, 0) is 0 Å². The van der Waals surface area contributed by atoms with E-state index in [0.29, 0.717) is 16.7 Å². The van der Waals surface area contributed by atoms with Crippen molar-refractivity contribution in [2.45, 2.75) is 70.3 Å². The average molecular weight is 368 g/mol. The van der Waals surface area contributed by atoms with Gasteiger partial charge in [-0.05, 0) is 43.9 Å². The van der Waals surface area contributed by atoms with Gasteiger partial charge in [-0.2, -0.15) is 0 Å². The zero-order valence-corrected chi connectivity index (χ0v) is 15.9. The van der Waals surface area contributed by atoms with Crippen LogP contribution in [0.5, 0.6) is 0 Å². The van der Waals surface area contributed by atoms with Gasteiger partial charge in [0.15, 0.2) is 0 Å². The highest BCUT2D eigenvalue weighted by Gasteiger charge is 2.40. The number of fused-ring (bicyclic) bond motifs is 1. The molecule has 1 aromatic rings. The number of imide groups is 1. The molecule has 5 nitrogen and oxygen atoms in total. The zero-order valence-electron chi connectivity index (χ0n) is 15.9. The van der Waals surface area contributed by atoms with Crippen LogP contribution in [0.2, 0.25) is 0 Å². The van der Waals surface area contributed by atoms with E-state index in [1.54, 1.807) is 18.2 Å². The summed E-state index contributed by atoms with van der Waals surface area (Å²) in [6.45, 7) is 1.55. The van der Waals surface area contributed by atoms with Crippen molar-refractivity contribution in [2.75, 3.05) is 13.1 Å². The van der Waals surface area contributed by atoms with Crippen molar-refractivity contribution < 1.29 is 14.4 Å². The lowest BCUT2D eigenvalue weighted by molar-refractivity contribution is 0.0548. The molecule has 0 radical (unpaired) electrons. The molecule has 2 fully saturated rings. The molecule has 5 heteroatoms. The number of hydrogen-bond donors (Lipinski definition) is 0. The highest BCUT2D eigenvalue weighted by Crippen LogP contribution is 2.31. The first kappa shape index (κ1) is 18.2. The Morgan fingerprint density at radius 2 is 1.37 bits per heavy atom. The fourth-order valence-electron chi connectivity index (χ4n) is 4.70. The summed E-state index contributed by atoms with van der Waals surface area (Å²) < 4.78 is 0. The Morgan fingerprint density at radius 3 is 2.07 bits per heavy atom. The predicted octanol–water partition coefficient (Wildman–Crippen LogP) is 4.02. The summed E-state index contributed by atoms with van der Waals surface area (Å²) in [5, 5.41) is 0. The molecule has 0 atom stereocenters. The van der Waals surface area contributed by atoms with E-state index in [-0.39, 0.29) is 23.8 Å². The number of benzene rings is 1. The minimum atomic E-state index is -0.218.